The van der Waals surface area contributed by atoms with Gasteiger partial charge in [0, 0.05) is 5.92 Å². The Bertz CT molecular complexity index is 271. The molecule has 0 saturated carbocycles. The van der Waals surface area contributed by atoms with Gasteiger partial charge in [-0.1, -0.05) is 0 Å². The fourth-order valence-corrected chi connectivity index (χ4v) is 2.16. The van der Waals surface area contributed by atoms with Crippen molar-refractivity contribution >= 4 is 0 Å². The van der Waals surface area contributed by atoms with Crippen molar-refractivity contribution in [2.45, 2.75) is 25.5 Å². The zero-order chi connectivity index (χ0) is 9.97. The smallest absolute Gasteiger partial charge is 0.121 e. The average Bonchev–Trinajstić information content (AvgIpc) is 2.79. The predicted molar refractivity (Wildman–Crippen MR) is 54.0 cm³/mol. The highest BCUT2D eigenvalue weighted by molar-refractivity contribution is 5.06. The maximum absolute atomic E-state index is 5.56. The van der Waals surface area contributed by atoms with Gasteiger partial charge in [-0.2, -0.15) is 0 Å². The lowest BCUT2D eigenvalue weighted by Crippen LogP contribution is -2.25. The Hall–Kier alpha value is -0.800. The molecule has 2 heterocycles. The van der Waals surface area contributed by atoms with E-state index in [0.717, 1.165) is 18.8 Å². The molecule has 78 valence electrons. The number of ether oxygens (including phenoxy) is 1. The van der Waals surface area contributed by atoms with E-state index < -0.39 is 0 Å². The molecule has 1 aliphatic heterocycles. The van der Waals surface area contributed by atoms with Gasteiger partial charge in [0.1, 0.15) is 5.76 Å². The predicted octanol–water partition coefficient (Wildman–Crippen LogP) is 1.97. The van der Waals surface area contributed by atoms with Gasteiger partial charge in [0.2, 0.25) is 0 Å². The summed E-state index contributed by atoms with van der Waals surface area (Å²) >= 11 is 0. The van der Waals surface area contributed by atoms with Crippen molar-refractivity contribution in [3.05, 3.63) is 24.2 Å². The summed E-state index contributed by atoms with van der Waals surface area (Å²) in [4.78, 5) is 0. The molecule has 1 aliphatic rings. The average molecular weight is 195 g/mol. The van der Waals surface area contributed by atoms with Gasteiger partial charge in [-0.3, -0.25) is 0 Å². The van der Waals surface area contributed by atoms with Crippen molar-refractivity contribution in [1.29, 1.82) is 0 Å². The highest BCUT2D eigenvalue weighted by atomic mass is 16.5. The molecule has 1 N–H and O–H groups in total. The molecule has 3 nitrogen and oxygen atoms in total. The molecule has 14 heavy (non-hydrogen) atoms. The van der Waals surface area contributed by atoms with Crippen molar-refractivity contribution in [3.63, 3.8) is 0 Å². The van der Waals surface area contributed by atoms with Crippen molar-refractivity contribution in [2.24, 2.45) is 5.92 Å². The minimum absolute atomic E-state index is 0.287. The van der Waals surface area contributed by atoms with E-state index in [1.54, 1.807) is 6.26 Å². The molecular weight excluding hydrogens is 178 g/mol. The summed E-state index contributed by atoms with van der Waals surface area (Å²) in [5.74, 6) is 1.54. The van der Waals surface area contributed by atoms with E-state index >= 15 is 0 Å². The van der Waals surface area contributed by atoms with Gasteiger partial charge < -0.3 is 14.5 Å². The topological polar surface area (TPSA) is 34.4 Å². The molecule has 3 unspecified atom stereocenters. The molecule has 0 bridgehead atoms. The van der Waals surface area contributed by atoms with Gasteiger partial charge in [-0.25, -0.2) is 0 Å². The molecule has 3 heteroatoms. The summed E-state index contributed by atoms with van der Waals surface area (Å²) in [6.07, 6.45) is 3.20. The van der Waals surface area contributed by atoms with Gasteiger partial charge in [-0.15, -0.1) is 0 Å². The van der Waals surface area contributed by atoms with Crippen LogP contribution in [0.5, 0.6) is 0 Å². The lowest BCUT2D eigenvalue weighted by molar-refractivity contribution is 0.116. The summed E-state index contributed by atoms with van der Waals surface area (Å²) < 4.78 is 11.0. The first kappa shape index (κ1) is 9.74. The Morgan fingerprint density at radius 2 is 2.43 bits per heavy atom. The van der Waals surface area contributed by atoms with Crippen LogP contribution in [0.4, 0.5) is 0 Å². The van der Waals surface area contributed by atoms with Crippen LogP contribution in [0.25, 0.3) is 0 Å². The fraction of sp³-hybridized carbons (Fsp3) is 0.636. The molecule has 1 fully saturated rings. The molecule has 0 radical (unpaired) electrons. The van der Waals surface area contributed by atoms with Gasteiger partial charge in [-0.05, 0) is 32.5 Å². The monoisotopic (exact) mass is 195 g/mol. The third-order valence-corrected chi connectivity index (χ3v) is 2.86. The number of furan rings is 1. The van der Waals surface area contributed by atoms with Gasteiger partial charge in [0.15, 0.2) is 0 Å². The third kappa shape index (κ3) is 1.83. The van der Waals surface area contributed by atoms with Crippen LogP contribution in [0.2, 0.25) is 0 Å². The second kappa shape index (κ2) is 4.15. The summed E-state index contributed by atoms with van der Waals surface area (Å²) in [6.45, 7) is 2.95. The zero-order valence-electron chi connectivity index (χ0n) is 8.69. The van der Waals surface area contributed by atoms with Crippen LogP contribution in [0, 0.1) is 5.92 Å². The maximum Gasteiger partial charge on any atom is 0.121 e. The maximum atomic E-state index is 5.56. The fourth-order valence-electron chi connectivity index (χ4n) is 2.16. The van der Waals surface area contributed by atoms with E-state index in [4.69, 9.17) is 9.15 Å². The Morgan fingerprint density at radius 1 is 1.57 bits per heavy atom. The first-order valence-corrected chi connectivity index (χ1v) is 5.13. The SMILES string of the molecule is CNC(c1ccco1)C1COC(C)C1. The minimum Gasteiger partial charge on any atom is -0.468 e. The molecule has 2 rings (SSSR count). The van der Waals surface area contributed by atoms with Crippen LogP contribution in [-0.4, -0.2) is 19.8 Å². The number of nitrogens with one attached hydrogen (secondary N) is 1. The van der Waals surface area contributed by atoms with E-state index in [-0.39, 0.29) is 6.04 Å². The summed E-state index contributed by atoms with van der Waals surface area (Å²) in [6, 6.07) is 4.23. The number of hydrogen-bond acceptors (Lipinski definition) is 3. The third-order valence-electron chi connectivity index (χ3n) is 2.86. The minimum atomic E-state index is 0.287. The first-order valence-electron chi connectivity index (χ1n) is 5.13. The normalized spacial score (nSPS) is 29.3. The van der Waals surface area contributed by atoms with Crippen molar-refractivity contribution in [2.75, 3.05) is 13.7 Å². The highest BCUT2D eigenvalue weighted by Gasteiger charge is 2.30. The van der Waals surface area contributed by atoms with Gasteiger partial charge >= 0.3 is 0 Å². The number of hydrogen-bond donors (Lipinski definition) is 1. The molecule has 0 aliphatic carbocycles. The first-order chi connectivity index (χ1) is 6.81. The molecule has 3 atom stereocenters. The Balaban J connectivity index is 2.07. The Morgan fingerprint density at radius 3 is 2.93 bits per heavy atom. The van der Waals surface area contributed by atoms with Crippen molar-refractivity contribution in [1.82, 2.24) is 5.32 Å². The molecule has 0 spiro atoms. The molecular formula is C11H17NO2. The van der Waals surface area contributed by atoms with E-state index in [0.29, 0.717) is 12.0 Å². The molecule has 0 amide bonds. The Kier molecular flexibility index (Phi) is 2.89. The lowest BCUT2D eigenvalue weighted by atomic mass is 9.95. The molecule has 0 aromatic carbocycles. The van der Waals surface area contributed by atoms with Gasteiger partial charge in [0.25, 0.3) is 0 Å². The number of rotatable bonds is 3. The summed E-state index contributed by atoms with van der Waals surface area (Å²) in [5, 5.41) is 3.29. The lowest BCUT2D eigenvalue weighted by Gasteiger charge is -2.19. The highest BCUT2D eigenvalue weighted by Crippen LogP contribution is 2.31. The van der Waals surface area contributed by atoms with Gasteiger partial charge in [0.05, 0.1) is 25.0 Å². The van der Waals surface area contributed by atoms with Crippen LogP contribution in [0.15, 0.2) is 22.8 Å². The zero-order valence-corrected chi connectivity index (χ0v) is 8.69. The van der Waals surface area contributed by atoms with Crippen LogP contribution < -0.4 is 5.32 Å². The summed E-state index contributed by atoms with van der Waals surface area (Å²) in [7, 11) is 1.97. The van der Waals surface area contributed by atoms with Crippen LogP contribution in [0.3, 0.4) is 0 Å². The van der Waals surface area contributed by atoms with Crippen molar-refractivity contribution in [3.8, 4) is 0 Å². The van der Waals surface area contributed by atoms with Crippen LogP contribution >= 0.6 is 0 Å². The molecule has 1 saturated heterocycles. The van der Waals surface area contributed by atoms with E-state index in [1.807, 2.05) is 19.2 Å². The molecule has 1 aromatic heterocycles. The second-order valence-corrected chi connectivity index (χ2v) is 3.92. The summed E-state index contributed by atoms with van der Waals surface area (Å²) in [5.41, 5.74) is 0. The van der Waals surface area contributed by atoms with E-state index in [1.165, 1.54) is 0 Å². The van der Waals surface area contributed by atoms with E-state index in [2.05, 4.69) is 12.2 Å². The molecule has 1 aromatic rings. The largest absolute Gasteiger partial charge is 0.468 e. The van der Waals surface area contributed by atoms with Crippen LogP contribution in [0.1, 0.15) is 25.1 Å². The van der Waals surface area contributed by atoms with Crippen LogP contribution in [-0.2, 0) is 4.74 Å². The second-order valence-electron chi connectivity index (χ2n) is 3.92. The van der Waals surface area contributed by atoms with E-state index in [9.17, 15) is 0 Å². The quantitative estimate of drug-likeness (QED) is 0.800. The standard InChI is InChI=1S/C11H17NO2/c1-8-6-9(7-14-8)11(12-2)10-4-3-5-13-10/h3-5,8-9,11-12H,6-7H2,1-2H3. The Labute approximate surface area is 84.4 Å². The van der Waals surface area contributed by atoms with Crippen molar-refractivity contribution < 1.29 is 9.15 Å².